The lowest BCUT2D eigenvalue weighted by molar-refractivity contribution is -0.120. The molecule has 1 amide bonds. The molecule has 2 aliphatic heterocycles. The van der Waals surface area contributed by atoms with E-state index in [1.165, 1.54) is 18.4 Å². The van der Waals surface area contributed by atoms with E-state index in [2.05, 4.69) is 20.2 Å². The fraction of sp³-hybridized carbons (Fsp3) is 0.562. The largest absolute Gasteiger partial charge is 0.383 e. The molecule has 0 atom stereocenters. The van der Waals surface area contributed by atoms with E-state index in [1.54, 1.807) is 7.11 Å². The van der Waals surface area contributed by atoms with Crippen molar-refractivity contribution < 1.29 is 9.53 Å². The number of hydrogen-bond acceptors (Lipinski definition) is 5. The predicted molar refractivity (Wildman–Crippen MR) is 83.9 cm³/mol. The summed E-state index contributed by atoms with van der Waals surface area (Å²) in [4.78, 5) is 23.2. The van der Waals surface area contributed by atoms with Gasteiger partial charge in [-0.2, -0.15) is 0 Å². The lowest BCUT2D eigenvalue weighted by Gasteiger charge is -2.17. The van der Waals surface area contributed by atoms with E-state index in [4.69, 9.17) is 4.74 Å². The number of nitrogens with zero attached hydrogens (tertiary/aromatic N) is 3. The quantitative estimate of drug-likeness (QED) is 0.815. The molecule has 0 unspecified atom stereocenters. The lowest BCUT2D eigenvalue weighted by atomic mass is 10.1. The van der Waals surface area contributed by atoms with Gasteiger partial charge in [-0.1, -0.05) is 0 Å². The van der Waals surface area contributed by atoms with Gasteiger partial charge in [-0.05, 0) is 24.5 Å². The summed E-state index contributed by atoms with van der Waals surface area (Å²) >= 11 is 0. The van der Waals surface area contributed by atoms with Gasteiger partial charge in [0.05, 0.1) is 25.3 Å². The first-order valence-corrected chi connectivity index (χ1v) is 7.81. The SMILES string of the molecule is COCCNC(=O)Cc1cc2c(cn1)C(N1CCCC1)=NC2. The van der Waals surface area contributed by atoms with Crippen LogP contribution in [0.3, 0.4) is 0 Å². The number of hydrogen-bond donors (Lipinski definition) is 1. The van der Waals surface area contributed by atoms with Gasteiger partial charge in [-0.25, -0.2) is 0 Å². The molecular weight excluding hydrogens is 280 g/mol. The first-order chi connectivity index (χ1) is 10.8. The number of aliphatic imine (C=N–C) groups is 1. The Morgan fingerprint density at radius 1 is 1.41 bits per heavy atom. The highest BCUT2D eigenvalue weighted by atomic mass is 16.5. The number of carbonyl (C=O) groups is 1. The Hall–Kier alpha value is -1.95. The van der Waals surface area contributed by atoms with Crippen LogP contribution < -0.4 is 5.32 Å². The predicted octanol–water partition coefficient (Wildman–Crippen LogP) is 0.743. The van der Waals surface area contributed by atoms with Crippen molar-refractivity contribution in [3.63, 3.8) is 0 Å². The van der Waals surface area contributed by atoms with Crippen LogP contribution in [0.15, 0.2) is 17.3 Å². The Labute approximate surface area is 130 Å². The Morgan fingerprint density at radius 2 is 2.23 bits per heavy atom. The summed E-state index contributed by atoms with van der Waals surface area (Å²) < 4.78 is 4.91. The molecule has 0 radical (unpaired) electrons. The maximum Gasteiger partial charge on any atom is 0.226 e. The molecule has 0 bridgehead atoms. The summed E-state index contributed by atoms with van der Waals surface area (Å²) in [7, 11) is 1.62. The molecule has 1 aromatic rings. The second-order valence-corrected chi connectivity index (χ2v) is 5.69. The zero-order valence-corrected chi connectivity index (χ0v) is 13.0. The van der Waals surface area contributed by atoms with Crippen molar-refractivity contribution in [3.8, 4) is 0 Å². The normalized spacial score (nSPS) is 16.6. The monoisotopic (exact) mass is 302 g/mol. The minimum Gasteiger partial charge on any atom is -0.383 e. The van der Waals surface area contributed by atoms with E-state index < -0.39 is 0 Å². The Balaban J connectivity index is 1.62. The number of methoxy groups -OCH3 is 1. The number of amidine groups is 1. The van der Waals surface area contributed by atoms with Crippen molar-refractivity contribution in [1.29, 1.82) is 0 Å². The fourth-order valence-corrected chi connectivity index (χ4v) is 2.94. The second-order valence-electron chi connectivity index (χ2n) is 5.69. The standard InChI is InChI=1S/C16H22N4O2/c1-22-7-4-17-15(21)9-13-8-12-10-19-16(14(12)11-18-13)20-5-2-3-6-20/h8,11H,2-7,9-10H2,1H3,(H,17,21). The van der Waals surface area contributed by atoms with Gasteiger partial charge in [0.2, 0.25) is 5.91 Å². The molecule has 6 nitrogen and oxygen atoms in total. The summed E-state index contributed by atoms with van der Waals surface area (Å²) in [5.74, 6) is 1.05. The average molecular weight is 302 g/mol. The van der Waals surface area contributed by atoms with Crippen molar-refractivity contribution in [2.24, 2.45) is 4.99 Å². The molecular formula is C16H22N4O2. The number of aromatic nitrogens is 1. The topological polar surface area (TPSA) is 66.8 Å². The third-order valence-electron chi connectivity index (χ3n) is 4.06. The maximum absolute atomic E-state index is 11.8. The number of amides is 1. The first-order valence-electron chi connectivity index (χ1n) is 7.81. The maximum atomic E-state index is 11.8. The summed E-state index contributed by atoms with van der Waals surface area (Å²) in [5.41, 5.74) is 3.11. The van der Waals surface area contributed by atoms with E-state index in [9.17, 15) is 4.79 Å². The molecule has 1 N–H and O–H groups in total. The fourth-order valence-electron chi connectivity index (χ4n) is 2.94. The molecule has 6 heteroatoms. The van der Waals surface area contributed by atoms with Crippen LogP contribution in [0.1, 0.15) is 29.7 Å². The van der Waals surface area contributed by atoms with Crippen molar-refractivity contribution in [3.05, 3.63) is 29.1 Å². The van der Waals surface area contributed by atoms with Crippen LogP contribution in [0.5, 0.6) is 0 Å². The second kappa shape index (κ2) is 6.87. The van der Waals surface area contributed by atoms with Crippen LogP contribution in [0.25, 0.3) is 0 Å². The van der Waals surface area contributed by atoms with Gasteiger partial charge < -0.3 is 15.0 Å². The molecule has 1 fully saturated rings. The molecule has 2 aliphatic rings. The number of carbonyl (C=O) groups excluding carboxylic acids is 1. The van der Waals surface area contributed by atoms with Crippen LogP contribution in [-0.4, -0.2) is 55.0 Å². The third-order valence-corrected chi connectivity index (χ3v) is 4.06. The van der Waals surface area contributed by atoms with Crippen LogP contribution in [0.4, 0.5) is 0 Å². The van der Waals surface area contributed by atoms with E-state index >= 15 is 0 Å². The molecule has 1 saturated heterocycles. The number of ether oxygens (including phenoxy) is 1. The van der Waals surface area contributed by atoms with Crippen LogP contribution in [-0.2, 0) is 22.5 Å². The number of fused-ring (bicyclic) bond motifs is 1. The number of likely N-dealkylation sites (tertiary alicyclic amines) is 1. The highest BCUT2D eigenvalue weighted by molar-refractivity contribution is 6.01. The lowest BCUT2D eigenvalue weighted by Crippen LogP contribution is -2.29. The molecule has 0 spiro atoms. The van der Waals surface area contributed by atoms with Crippen molar-refractivity contribution >= 4 is 11.7 Å². The van der Waals surface area contributed by atoms with Gasteiger partial charge in [0.1, 0.15) is 5.84 Å². The summed E-state index contributed by atoms with van der Waals surface area (Å²) in [5, 5.41) is 2.81. The smallest absolute Gasteiger partial charge is 0.226 e. The number of rotatable bonds is 5. The van der Waals surface area contributed by atoms with E-state index in [0.717, 1.165) is 30.2 Å². The molecule has 0 aromatic carbocycles. The van der Waals surface area contributed by atoms with Gasteiger partial charge in [0.15, 0.2) is 0 Å². The molecule has 22 heavy (non-hydrogen) atoms. The Bertz CT molecular complexity index is 580. The molecule has 3 rings (SSSR count). The Morgan fingerprint density at radius 3 is 3.00 bits per heavy atom. The van der Waals surface area contributed by atoms with Gasteiger partial charge in [0.25, 0.3) is 0 Å². The number of pyridine rings is 1. The summed E-state index contributed by atoms with van der Waals surface area (Å²) in [6.45, 7) is 3.92. The van der Waals surface area contributed by atoms with E-state index in [1.807, 2.05) is 12.3 Å². The molecule has 0 aliphatic carbocycles. The highest BCUT2D eigenvalue weighted by Crippen LogP contribution is 2.23. The molecule has 3 heterocycles. The zero-order chi connectivity index (χ0) is 15.4. The van der Waals surface area contributed by atoms with Crippen molar-refractivity contribution in [2.75, 3.05) is 33.4 Å². The molecule has 118 valence electrons. The summed E-state index contributed by atoms with van der Waals surface area (Å²) in [6.07, 6.45) is 4.65. The summed E-state index contributed by atoms with van der Waals surface area (Å²) in [6, 6.07) is 2.01. The van der Waals surface area contributed by atoms with Gasteiger partial charge in [-0.3, -0.25) is 14.8 Å². The van der Waals surface area contributed by atoms with E-state index in [-0.39, 0.29) is 5.91 Å². The number of nitrogens with one attached hydrogen (secondary N) is 1. The molecule has 0 saturated carbocycles. The van der Waals surface area contributed by atoms with Gasteiger partial charge in [0, 0.05) is 38.5 Å². The molecule has 1 aromatic heterocycles. The van der Waals surface area contributed by atoms with Crippen LogP contribution in [0.2, 0.25) is 0 Å². The van der Waals surface area contributed by atoms with Gasteiger partial charge in [-0.15, -0.1) is 0 Å². The van der Waals surface area contributed by atoms with Crippen molar-refractivity contribution in [1.82, 2.24) is 15.2 Å². The third kappa shape index (κ3) is 3.27. The van der Waals surface area contributed by atoms with E-state index in [0.29, 0.717) is 26.1 Å². The first kappa shape index (κ1) is 15.0. The van der Waals surface area contributed by atoms with Crippen LogP contribution >= 0.6 is 0 Å². The minimum atomic E-state index is -0.0248. The van der Waals surface area contributed by atoms with Crippen LogP contribution in [0, 0.1) is 0 Å². The minimum absolute atomic E-state index is 0.0248. The average Bonchev–Trinajstić information content (AvgIpc) is 3.15. The van der Waals surface area contributed by atoms with Crippen molar-refractivity contribution in [2.45, 2.75) is 25.8 Å². The highest BCUT2D eigenvalue weighted by Gasteiger charge is 2.24. The van der Waals surface area contributed by atoms with Gasteiger partial charge >= 0.3 is 0 Å². The Kier molecular flexibility index (Phi) is 4.68. The zero-order valence-electron chi connectivity index (χ0n) is 13.0.